The van der Waals surface area contributed by atoms with Crippen LogP contribution in [-0.4, -0.2) is 52.7 Å². The molecule has 0 aliphatic carbocycles. The van der Waals surface area contributed by atoms with Crippen molar-refractivity contribution in [3.8, 4) is 0 Å². The zero-order chi connectivity index (χ0) is 22.7. The van der Waals surface area contributed by atoms with Gasteiger partial charge in [0.2, 0.25) is 0 Å². The first-order chi connectivity index (χ1) is 14.0. The molecule has 0 aromatic heterocycles. The Morgan fingerprint density at radius 2 is 1.80 bits per heavy atom. The maximum Gasteiger partial charge on any atom is 0.416 e. The zero-order valence-corrected chi connectivity index (χ0v) is 17.2. The predicted octanol–water partition coefficient (Wildman–Crippen LogP) is 3.63. The standard InChI is InChI=1S/C17H25F3N2.C4H4O4/c1-13(2)11-22(15-7-5-9-21-10-15)12-14-6-3-4-8-16(14)17(18,19)20;5-3(6)1-2-4(7)8/h3-4,6,8,13,15,21H,5,7,9-12H2,1-2H3;1-2H,(H,5,6)(H,7,8)/b;2-1+. The summed E-state index contributed by atoms with van der Waals surface area (Å²) in [6.45, 7) is 7.27. The van der Waals surface area contributed by atoms with Gasteiger partial charge in [-0.15, -0.1) is 0 Å². The molecule has 1 atom stereocenters. The molecule has 1 heterocycles. The van der Waals surface area contributed by atoms with Gasteiger partial charge in [-0.3, -0.25) is 4.90 Å². The van der Waals surface area contributed by atoms with Crippen LogP contribution in [0.2, 0.25) is 0 Å². The van der Waals surface area contributed by atoms with Crippen LogP contribution in [0.5, 0.6) is 0 Å². The van der Waals surface area contributed by atoms with Crippen LogP contribution in [0.3, 0.4) is 0 Å². The Labute approximate surface area is 174 Å². The van der Waals surface area contributed by atoms with E-state index in [2.05, 4.69) is 24.1 Å². The van der Waals surface area contributed by atoms with Crippen molar-refractivity contribution in [1.82, 2.24) is 10.2 Å². The Kier molecular flexibility index (Phi) is 10.5. The van der Waals surface area contributed by atoms with Gasteiger partial charge >= 0.3 is 18.1 Å². The summed E-state index contributed by atoms with van der Waals surface area (Å²) in [6.07, 6.45) is -1.04. The summed E-state index contributed by atoms with van der Waals surface area (Å²) in [7, 11) is 0. The van der Waals surface area contributed by atoms with Crippen LogP contribution in [0.1, 0.15) is 37.8 Å². The van der Waals surface area contributed by atoms with E-state index in [9.17, 15) is 22.8 Å². The molecule has 0 amide bonds. The molecule has 1 fully saturated rings. The van der Waals surface area contributed by atoms with E-state index in [0.29, 0.717) is 36.2 Å². The van der Waals surface area contributed by atoms with Crippen molar-refractivity contribution < 1.29 is 33.0 Å². The molecule has 0 saturated carbocycles. The molecule has 6 nitrogen and oxygen atoms in total. The van der Waals surface area contributed by atoms with Gasteiger partial charge in [-0.05, 0) is 36.9 Å². The van der Waals surface area contributed by atoms with Gasteiger partial charge in [0, 0.05) is 37.8 Å². The number of hydrogen-bond acceptors (Lipinski definition) is 4. The zero-order valence-electron chi connectivity index (χ0n) is 17.2. The minimum atomic E-state index is -4.29. The van der Waals surface area contributed by atoms with Gasteiger partial charge in [0.05, 0.1) is 5.56 Å². The van der Waals surface area contributed by atoms with Crippen LogP contribution in [0.15, 0.2) is 36.4 Å². The lowest BCUT2D eigenvalue weighted by atomic mass is 10.0. The Balaban J connectivity index is 0.000000479. The van der Waals surface area contributed by atoms with E-state index in [-0.39, 0.29) is 0 Å². The maximum atomic E-state index is 13.2. The molecule has 1 aromatic carbocycles. The van der Waals surface area contributed by atoms with Crippen molar-refractivity contribution >= 4 is 11.9 Å². The summed E-state index contributed by atoms with van der Waals surface area (Å²) in [4.78, 5) is 21.3. The Bertz CT molecular complexity index is 698. The molecular weight excluding hydrogens is 401 g/mol. The predicted molar refractivity (Wildman–Crippen MR) is 107 cm³/mol. The highest BCUT2D eigenvalue weighted by molar-refractivity contribution is 5.89. The van der Waals surface area contributed by atoms with Crippen LogP contribution < -0.4 is 5.32 Å². The number of carboxylic acids is 2. The second-order valence-electron chi connectivity index (χ2n) is 7.49. The van der Waals surface area contributed by atoms with E-state index in [4.69, 9.17) is 10.2 Å². The number of hydrogen-bond donors (Lipinski definition) is 3. The number of piperidine rings is 1. The molecule has 168 valence electrons. The van der Waals surface area contributed by atoms with E-state index in [1.807, 2.05) is 0 Å². The molecule has 0 radical (unpaired) electrons. The van der Waals surface area contributed by atoms with Crippen LogP contribution in [-0.2, 0) is 22.3 Å². The summed E-state index contributed by atoms with van der Waals surface area (Å²) < 4.78 is 39.5. The topological polar surface area (TPSA) is 89.9 Å². The van der Waals surface area contributed by atoms with Gasteiger partial charge < -0.3 is 15.5 Å². The average molecular weight is 430 g/mol. The minimum Gasteiger partial charge on any atom is -0.478 e. The highest BCUT2D eigenvalue weighted by Crippen LogP contribution is 2.33. The largest absolute Gasteiger partial charge is 0.478 e. The average Bonchev–Trinajstić information content (AvgIpc) is 2.66. The molecule has 9 heteroatoms. The summed E-state index contributed by atoms with van der Waals surface area (Å²) in [5, 5.41) is 19.0. The number of alkyl halides is 3. The van der Waals surface area contributed by atoms with Gasteiger partial charge in [0.25, 0.3) is 0 Å². The molecule has 1 aliphatic heterocycles. The third kappa shape index (κ3) is 9.89. The minimum absolute atomic E-state index is 0.317. The molecule has 1 aliphatic rings. The van der Waals surface area contributed by atoms with Crippen molar-refractivity contribution in [2.24, 2.45) is 5.92 Å². The SMILES string of the molecule is CC(C)CN(Cc1ccccc1C(F)(F)F)C1CCCNC1.O=C(O)/C=C/C(=O)O. The summed E-state index contributed by atoms with van der Waals surface area (Å²) in [5.74, 6) is -2.08. The molecule has 0 spiro atoms. The van der Waals surface area contributed by atoms with Gasteiger partial charge in [0.15, 0.2) is 0 Å². The number of nitrogens with one attached hydrogen (secondary N) is 1. The van der Waals surface area contributed by atoms with Gasteiger partial charge in [-0.2, -0.15) is 13.2 Å². The summed E-state index contributed by atoms with van der Waals surface area (Å²) >= 11 is 0. The first kappa shape index (κ1) is 25.6. The monoisotopic (exact) mass is 430 g/mol. The lowest BCUT2D eigenvalue weighted by Crippen LogP contribution is -2.47. The van der Waals surface area contributed by atoms with Gasteiger partial charge in [-0.25, -0.2) is 9.59 Å². The molecule has 0 bridgehead atoms. The molecule has 1 aromatic rings. The fourth-order valence-corrected chi connectivity index (χ4v) is 3.25. The summed E-state index contributed by atoms with van der Waals surface area (Å²) in [6, 6.07) is 6.25. The first-order valence-corrected chi connectivity index (χ1v) is 9.74. The number of benzene rings is 1. The molecule has 3 N–H and O–H groups in total. The highest BCUT2D eigenvalue weighted by Gasteiger charge is 2.34. The van der Waals surface area contributed by atoms with E-state index >= 15 is 0 Å². The van der Waals surface area contributed by atoms with Crippen molar-refractivity contribution in [2.45, 2.75) is 45.5 Å². The molecule has 2 rings (SSSR count). The van der Waals surface area contributed by atoms with E-state index < -0.39 is 23.7 Å². The fourth-order valence-electron chi connectivity index (χ4n) is 3.25. The Hall–Kier alpha value is -2.39. The van der Waals surface area contributed by atoms with E-state index in [1.165, 1.54) is 12.1 Å². The lowest BCUT2D eigenvalue weighted by molar-refractivity contribution is -0.138. The maximum absolute atomic E-state index is 13.2. The second kappa shape index (κ2) is 12.3. The van der Waals surface area contributed by atoms with Crippen LogP contribution in [0.25, 0.3) is 0 Å². The highest BCUT2D eigenvalue weighted by atomic mass is 19.4. The second-order valence-corrected chi connectivity index (χ2v) is 7.49. The van der Waals surface area contributed by atoms with Crippen molar-refractivity contribution in [3.05, 3.63) is 47.5 Å². The quantitative estimate of drug-likeness (QED) is 0.573. The summed E-state index contributed by atoms with van der Waals surface area (Å²) in [5.41, 5.74) is -0.131. The number of rotatable bonds is 7. The number of halogens is 3. The van der Waals surface area contributed by atoms with Crippen LogP contribution in [0, 0.1) is 5.92 Å². The number of carboxylic acid groups (broad SMARTS) is 2. The van der Waals surface area contributed by atoms with Crippen molar-refractivity contribution in [3.63, 3.8) is 0 Å². The van der Waals surface area contributed by atoms with Gasteiger partial charge in [0.1, 0.15) is 0 Å². The molecule has 30 heavy (non-hydrogen) atoms. The van der Waals surface area contributed by atoms with Crippen molar-refractivity contribution in [1.29, 1.82) is 0 Å². The third-order valence-corrected chi connectivity index (χ3v) is 4.45. The smallest absolute Gasteiger partial charge is 0.416 e. The van der Waals surface area contributed by atoms with Crippen LogP contribution in [0.4, 0.5) is 13.2 Å². The first-order valence-electron chi connectivity index (χ1n) is 9.74. The van der Waals surface area contributed by atoms with Crippen molar-refractivity contribution in [2.75, 3.05) is 19.6 Å². The number of nitrogens with zero attached hydrogens (tertiary/aromatic N) is 1. The molecule has 1 saturated heterocycles. The molecular formula is C21H29F3N2O4. The fraction of sp³-hybridized carbons (Fsp3) is 0.524. The lowest BCUT2D eigenvalue weighted by Gasteiger charge is -2.36. The normalized spacial score (nSPS) is 17.1. The van der Waals surface area contributed by atoms with Gasteiger partial charge in [-0.1, -0.05) is 32.0 Å². The Morgan fingerprint density at radius 3 is 2.27 bits per heavy atom. The number of carbonyl (C=O) groups is 2. The van der Waals surface area contributed by atoms with E-state index in [1.54, 1.807) is 12.1 Å². The van der Waals surface area contributed by atoms with E-state index in [0.717, 1.165) is 32.5 Å². The Morgan fingerprint density at radius 1 is 1.20 bits per heavy atom. The molecule has 1 unspecified atom stereocenters. The number of aliphatic carboxylic acids is 2. The third-order valence-electron chi connectivity index (χ3n) is 4.45. The van der Waals surface area contributed by atoms with Crippen LogP contribution >= 0.6 is 0 Å².